The van der Waals surface area contributed by atoms with Gasteiger partial charge in [-0.1, -0.05) is 275 Å². The molecule has 3 aliphatic rings. The third-order valence-electron chi connectivity index (χ3n) is 18.6. The highest BCUT2D eigenvalue weighted by atomic mass is 16.8. The molecule has 3 fully saturated rings. The van der Waals surface area contributed by atoms with Crippen LogP contribution in [0.5, 0.6) is 0 Å². The second-order valence-electron chi connectivity index (χ2n) is 27.4. The van der Waals surface area contributed by atoms with Crippen molar-refractivity contribution in [2.24, 2.45) is 0 Å². The predicted octanol–water partition coefficient (Wildman–Crippen LogP) is 13.2. The average Bonchev–Trinajstić information content (AvgIpc) is 0.783. The highest BCUT2D eigenvalue weighted by molar-refractivity contribution is 5.76. The Morgan fingerprint density at radius 2 is 0.673 bits per heavy atom. The molecule has 19 nitrogen and oxygen atoms in total. The summed E-state index contributed by atoms with van der Waals surface area (Å²) < 4.78 is 34.4. The first-order valence-electron chi connectivity index (χ1n) is 39.7. The zero-order valence-corrected chi connectivity index (χ0v) is 63.2. The normalized spacial score (nSPS) is 26.8. The monoisotopic (exact) mass is 1460 g/mol. The fourth-order valence-corrected chi connectivity index (χ4v) is 12.2. The number of hydrogen-bond acceptors (Lipinski definition) is 18. The number of carbonyl (C=O) groups is 1. The number of nitrogens with one attached hydrogen (secondary N) is 1. The maximum Gasteiger partial charge on any atom is 0.220 e. The van der Waals surface area contributed by atoms with Crippen molar-refractivity contribution >= 4 is 5.91 Å². The van der Waals surface area contributed by atoms with E-state index >= 15 is 0 Å². The molecule has 1 amide bonds. The summed E-state index contributed by atoms with van der Waals surface area (Å²) in [6, 6.07) is -1.01. The Bertz CT molecular complexity index is 2500. The van der Waals surface area contributed by atoms with Gasteiger partial charge in [0.15, 0.2) is 18.9 Å². The summed E-state index contributed by atoms with van der Waals surface area (Å²) in [5, 5.41) is 121. The van der Waals surface area contributed by atoms with E-state index in [4.69, 9.17) is 28.4 Å². The van der Waals surface area contributed by atoms with Gasteiger partial charge in [-0.3, -0.25) is 4.79 Å². The summed E-state index contributed by atoms with van der Waals surface area (Å²) in [5.74, 6) is -0.310. The molecular weight excluding hydrogens is 1320 g/mol. The molecule has 3 aliphatic heterocycles. The molecule has 0 bridgehead atoms. The molecule has 0 aromatic heterocycles. The molecule has 0 radical (unpaired) electrons. The Hall–Kier alpha value is -4.59. The first kappa shape index (κ1) is 93.6. The fourth-order valence-electron chi connectivity index (χ4n) is 12.2. The quantitative estimate of drug-likeness (QED) is 0.0199. The van der Waals surface area contributed by atoms with Crippen molar-refractivity contribution in [3.8, 4) is 0 Å². The summed E-state index contributed by atoms with van der Waals surface area (Å²) in [6.07, 6.45) is 66.5. The van der Waals surface area contributed by atoms with Crippen molar-refractivity contribution in [1.82, 2.24) is 5.32 Å². The molecule has 0 aromatic rings. The SMILES string of the molecule is CC/C=C\C/C=C\C/C=C\C/C=C\C/C=C\C/C=C\C/C=C\C/C=C\C/C=C\C/C=C\C/C=C\CCCCCCCC(=O)NC(COC1OC(CO)C(OC2OC(CO)C(OC3OC(CO)C(O)C(O)C3O)C(O)C2O)C(O)C1O)C(O)/C=C/CC/C=C/CCCCCCCCCCCCCCCC. The van der Waals surface area contributed by atoms with Crippen LogP contribution in [0.4, 0.5) is 0 Å². The van der Waals surface area contributed by atoms with Crippen LogP contribution >= 0.6 is 0 Å². The molecular formula is C85H139NO18. The van der Waals surface area contributed by atoms with E-state index in [1.54, 1.807) is 6.08 Å². The van der Waals surface area contributed by atoms with Crippen molar-refractivity contribution in [3.05, 3.63) is 158 Å². The van der Waals surface area contributed by atoms with Crippen molar-refractivity contribution in [1.29, 1.82) is 0 Å². The van der Waals surface area contributed by atoms with Crippen molar-refractivity contribution in [3.63, 3.8) is 0 Å². The third kappa shape index (κ3) is 42.8. The van der Waals surface area contributed by atoms with Gasteiger partial charge in [0.25, 0.3) is 0 Å². The second kappa shape index (κ2) is 63.3. The fraction of sp³-hybridized carbons (Fsp3) is 0.682. The van der Waals surface area contributed by atoms with E-state index in [2.05, 4.69) is 165 Å². The third-order valence-corrected chi connectivity index (χ3v) is 18.6. The smallest absolute Gasteiger partial charge is 0.220 e. The van der Waals surface area contributed by atoms with Crippen LogP contribution < -0.4 is 5.32 Å². The number of ether oxygens (including phenoxy) is 6. The van der Waals surface area contributed by atoms with Gasteiger partial charge in [-0.2, -0.15) is 0 Å². The number of allylic oxidation sites excluding steroid dienone is 25. The summed E-state index contributed by atoms with van der Waals surface area (Å²) in [7, 11) is 0. The van der Waals surface area contributed by atoms with Gasteiger partial charge in [-0.25, -0.2) is 0 Å². The topological polar surface area (TPSA) is 307 Å². The van der Waals surface area contributed by atoms with Crippen LogP contribution in [0.1, 0.15) is 239 Å². The van der Waals surface area contributed by atoms with Crippen molar-refractivity contribution in [2.75, 3.05) is 26.4 Å². The molecule has 0 aromatic carbocycles. The van der Waals surface area contributed by atoms with Crippen LogP contribution in [0.2, 0.25) is 0 Å². The molecule has 3 saturated heterocycles. The molecule has 592 valence electrons. The molecule has 19 heteroatoms. The maximum absolute atomic E-state index is 13.5. The number of aliphatic hydroxyl groups excluding tert-OH is 11. The molecule has 0 spiro atoms. The van der Waals surface area contributed by atoms with Crippen molar-refractivity contribution in [2.45, 2.75) is 343 Å². The van der Waals surface area contributed by atoms with Crippen LogP contribution in [-0.4, -0.2) is 193 Å². The minimum absolute atomic E-state index is 0.202. The van der Waals surface area contributed by atoms with E-state index in [1.165, 1.54) is 83.5 Å². The van der Waals surface area contributed by atoms with Crippen molar-refractivity contribution < 1.29 is 89.4 Å². The lowest BCUT2D eigenvalue weighted by molar-refractivity contribution is -0.379. The van der Waals surface area contributed by atoms with Crippen LogP contribution in [0.25, 0.3) is 0 Å². The molecule has 3 heterocycles. The number of rotatable bonds is 60. The number of hydrogen-bond donors (Lipinski definition) is 12. The van der Waals surface area contributed by atoms with E-state index in [-0.39, 0.29) is 18.9 Å². The molecule has 0 aliphatic carbocycles. The van der Waals surface area contributed by atoms with Crippen LogP contribution in [-0.2, 0) is 33.2 Å². The van der Waals surface area contributed by atoms with Gasteiger partial charge in [-0.05, 0) is 116 Å². The van der Waals surface area contributed by atoms with E-state index in [0.717, 1.165) is 122 Å². The molecule has 17 unspecified atom stereocenters. The second-order valence-corrected chi connectivity index (χ2v) is 27.4. The highest BCUT2D eigenvalue weighted by Gasteiger charge is 2.53. The lowest BCUT2D eigenvalue weighted by Gasteiger charge is -2.48. The van der Waals surface area contributed by atoms with Gasteiger partial charge in [0, 0.05) is 6.42 Å². The minimum atomic E-state index is -1.99. The Morgan fingerprint density at radius 1 is 0.356 bits per heavy atom. The van der Waals surface area contributed by atoms with E-state index < -0.39 is 124 Å². The van der Waals surface area contributed by atoms with E-state index in [9.17, 15) is 61.0 Å². The van der Waals surface area contributed by atoms with Gasteiger partial charge >= 0.3 is 0 Å². The Morgan fingerprint density at radius 3 is 1.08 bits per heavy atom. The average molecular weight is 1460 g/mol. The molecule has 3 rings (SSSR count). The van der Waals surface area contributed by atoms with Gasteiger partial charge in [0.2, 0.25) is 5.91 Å². The van der Waals surface area contributed by atoms with Crippen LogP contribution in [0, 0.1) is 0 Å². The summed E-state index contributed by atoms with van der Waals surface area (Å²) in [6.45, 7) is 1.58. The van der Waals surface area contributed by atoms with Crippen LogP contribution in [0.3, 0.4) is 0 Å². The summed E-state index contributed by atoms with van der Waals surface area (Å²) >= 11 is 0. The number of carbonyl (C=O) groups excluding carboxylic acids is 1. The number of aliphatic hydroxyl groups is 11. The lowest BCUT2D eigenvalue weighted by atomic mass is 9.96. The molecule has 104 heavy (non-hydrogen) atoms. The Balaban J connectivity index is 1.38. The van der Waals surface area contributed by atoms with E-state index in [0.29, 0.717) is 12.8 Å². The number of amides is 1. The van der Waals surface area contributed by atoms with Crippen LogP contribution in [0.15, 0.2) is 158 Å². The van der Waals surface area contributed by atoms with E-state index in [1.807, 2.05) is 6.08 Å². The molecule has 12 N–H and O–H groups in total. The Kier molecular flexibility index (Phi) is 57.0. The van der Waals surface area contributed by atoms with Gasteiger partial charge in [0.1, 0.15) is 73.2 Å². The summed E-state index contributed by atoms with van der Waals surface area (Å²) in [4.78, 5) is 13.5. The van der Waals surface area contributed by atoms with Gasteiger partial charge in [-0.15, -0.1) is 0 Å². The zero-order chi connectivity index (χ0) is 75.3. The first-order chi connectivity index (χ1) is 50.8. The zero-order valence-electron chi connectivity index (χ0n) is 63.2. The minimum Gasteiger partial charge on any atom is -0.394 e. The lowest BCUT2D eigenvalue weighted by Crippen LogP contribution is -2.66. The first-order valence-corrected chi connectivity index (χ1v) is 39.7. The molecule has 17 atom stereocenters. The van der Waals surface area contributed by atoms with Gasteiger partial charge < -0.3 is 89.9 Å². The largest absolute Gasteiger partial charge is 0.394 e. The molecule has 0 saturated carbocycles. The van der Waals surface area contributed by atoms with Gasteiger partial charge in [0.05, 0.1) is 38.6 Å². The standard InChI is InChI=1S/C85H139NO18/c1-3-5-7-9-11-13-15-17-19-21-23-25-26-27-28-29-30-31-32-33-34-35-36-37-38-39-40-41-42-43-45-47-49-51-53-55-57-59-61-63-73(91)86-68(69(90)62-60-58-56-54-52-50-48-46-44-24-22-20-18-16-14-12-10-8-6-4-2)67-99-83-79(97)76(94)81(71(65-88)101-83)104-85-80(98)77(95)82(72(66-89)102-85)103-84-78(96)75(93)74(92)70(64-87)100-84/h5,7,11,13,17,19,23,25,27-28,30-31,33-34,36-37,39-40,42-43,47,49,52,54,60,62,68-72,74-85,87-90,92-98H,3-4,6,8-10,12,14-16,18,20-22,24,26,29,32,35,38,41,44-46,48,50-51,53,55-59,61,63-67H2,1-2H3,(H,86,91)/b7-5-,13-11-,19-17-,25-23-,28-27-,31-30-,34-33-,37-36-,40-39-,43-42-,49-47-,54-52+,62-60+. The predicted molar refractivity (Wildman–Crippen MR) is 415 cm³/mol. The Labute approximate surface area is 625 Å². The summed E-state index contributed by atoms with van der Waals surface area (Å²) in [5.41, 5.74) is 0. The number of unbranched alkanes of at least 4 members (excludes halogenated alkanes) is 20. The highest BCUT2D eigenvalue weighted by Crippen LogP contribution is 2.33. The maximum atomic E-state index is 13.5.